The monoisotopic (exact) mass is 196 g/mol. The van der Waals surface area contributed by atoms with Crippen LogP contribution >= 0.6 is 11.3 Å². The zero-order valence-corrected chi connectivity index (χ0v) is 7.94. The van der Waals surface area contributed by atoms with Crippen LogP contribution in [0.3, 0.4) is 0 Å². The van der Waals surface area contributed by atoms with Gasteiger partial charge in [-0.2, -0.15) is 0 Å². The molecule has 1 aromatic heterocycles. The molecule has 68 valence electrons. The number of aliphatic hydroxyl groups excluding tert-OH is 1. The minimum absolute atomic E-state index is 0.222. The maximum absolute atomic E-state index is 13.2. The highest BCUT2D eigenvalue weighted by molar-refractivity contribution is 7.19. The smallest absolute Gasteiger partial charge is 0.131 e. The van der Waals surface area contributed by atoms with E-state index in [1.54, 1.807) is 19.1 Å². The average Bonchev–Trinajstić information content (AvgIpc) is 2.49. The maximum atomic E-state index is 13.2. The summed E-state index contributed by atoms with van der Waals surface area (Å²) in [4.78, 5) is 0.806. The lowest BCUT2D eigenvalue weighted by atomic mass is 10.2. The number of halogens is 1. The molecule has 1 N–H and O–H groups in total. The van der Waals surface area contributed by atoms with Crippen molar-refractivity contribution >= 4 is 21.4 Å². The molecule has 0 spiro atoms. The normalized spacial score (nSPS) is 13.5. The molecule has 1 aromatic carbocycles. The van der Waals surface area contributed by atoms with Crippen molar-refractivity contribution in [3.05, 3.63) is 35.0 Å². The summed E-state index contributed by atoms with van der Waals surface area (Å²) in [5.41, 5.74) is 0. The van der Waals surface area contributed by atoms with E-state index in [-0.39, 0.29) is 5.82 Å². The van der Waals surface area contributed by atoms with E-state index in [0.717, 1.165) is 9.58 Å². The highest BCUT2D eigenvalue weighted by Crippen LogP contribution is 2.30. The first-order valence-electron chi connectivity index (χ1n) is 4.04. The SMILES string of the molecule is CC(O)c1cc2c(F)cccc2s1. The predicted molar refractivity (Wildman–Crippen MR) is 52.4 cm³/mol. The van der Waals surface area contributed by atoms with Crippen LogP contribution in [0.4, 0.5) is 4.39 Å². The zero-order valence-electron chi connectivity index (χ0n) is 7.12. The molecule has 0 aliphatic rings. The van der Waals surface area contributed by atoms with Gasteiger partial charge in [0, 0.05) is 15.0 Å². The van der Waals surface area contributed by atoms with Crippen LogP contribution in [-0.2, 0) is 0 Å². The van der Waals surface area contributed by atoms with Gasteiger partial charge in [-0.1, -0.05) is 6.07 Å². The summed E-state index contributed by atoms with van der Waals surface area (Å²) in [5, 5.41) is 9.90. The lowest BCUT2D eigenvalue weighted by Crippen LogP contribution is -1.83. The molecular formula is C10H9FOS. The van der Waals surface area contributed by atoms with E-state index < -0.39 is 6.10 Å². The number of fused-ring (bicyclic) bond motifs is 1. The molecule has 13 heavy (non-hydrogen) atoms. The van der Waals surface area contributed by atoms with Crippen molar-refractivity contribution in [2.45, 2.75) is 13.0 Å². The van der Waals surface area contributed by atoms with Crippen LogP contribution in [0.2, 0.25) is 0 Å². The third-order valence-electron chi connectivity index (χ3n) is 1.94. The summed E-state index contributed by atoms with van der Waals surface area (Å²) in [6, 6.07) is 6.68. The zero-order chi connectivity index (χ0) is 9.42. The van der Waals surface area contributed by atoms with Crippen LogP contribution in [0.25, 0.3) is 10.1 Å². The molecule has 2 aromatic rings. The summed E-state index contributed by atoms with van der Waals surface area (Å²) in [5.74, 6) is -0.222. The Bertz CT molecular complexity index is 433. The summed E-state index contributed by atoms with van der Waals surface area (Å²) >= 11 is 1.43. The lowest BCUT2D eigenvalue weighted by molar-refractivity contribution is 0.203. The van der Waals surface area contributed by atoms with Gasteiger partial charge in [-0.05, 0) is 25.1 Å². The lowest BCUT2D eigenvalue weighted by Gasteiger charge is -1.95. The first-order valence-corrected chi connectivity index (χ1v) is 4.86. The molecule has 0 saturated carbocycles. The van der Waals surface area contributed by atoms with E-state index in [1.807, 2.05) is 6.07 Å². The van der Waals surface area contributed by atoms with E-state index in [1.165, 1.54) is 17.4 Å². The average molecular weight is 196 g/mol. The van der Waals surface area contributed by atoms with Gasteiger partial charge in [0.15, 0.2) is 0 Å². The molecule has 0 bridgehead atoms. The van der Waals surface area contributed by atoms with Crippen molar-refractivity contribution in [2.24, 2.45) is 0 Å². The van der Waals surface area contributed by atoms with Gasteiger partial charge >= 0.3 is 0 Å². The fraction of sp³-hybridized carbons (Fsp3) is 0.200. The Morgan fingerprint density at radius 1 is 1.46 bits per heavy atom. The van der Waals surface area contributed by atoms with Crippen LogP contribution in [0.5, 0.6) is 0 Å². The van der Waals surface area contributed by atoms with E-state index in [0.29, 0.717) is 5.39 Å². The number of benzene rings is 1. The second-order valence-corrected chi connectivity index (χ2v) is 4.09. The Morgan fingerprint density at radius 3 is 2.85 bits per heavy atom. The molecule has 0 aliphatic heterocycles. The van der Waals surface area contributed by atoms with Gasteiger partial charge in [-0.15, -0.1) is 11.3 Å². The Hall–Kier alpha value is -0.930. The third kappa shape index (κ3) is 1.45. The fourth-order valence-corrected chi connectivity index (χ4v) is 2.27. The van der Waals surface area contributed by atoms with Crippen molar-refractivity contribution in [3.8, 4) is 0 Å². The maximum Gasteiger partial charge on any atom is 0.131 e. The van der Waals surface area contributed by atoms with Gasteiger partial charge < -0.3 is 5.11 Å². The van der Waals surface area contributed by atoms with Crippen LogP contribution < -0.4 is 0 Å². The summed E-state index contributed by atoms with van der Waals surface area (Å²) < 4.78 is 14.1. The summed E-state index contributed by atoms with van der Waals surface area (Å²) in [6.45, 7) is 1.68. The number of thiophene rings is 1. The quantitative estimate of drug-likeness (QED) is 0.743. The van der Waals surface area contributed by atoms with Crippen LogP contribution in [-0.4, -0.2) is 5.11 Å². The van der Waals surface area contributed by atoms with Crippen molar-refractivity contribution in [2.75, 3.05) is 0 Å². The largest absolute Gasteiger partial charge is 0.388 e. The van der Waals surface area contributed by atoms with Gasteiger partial charge in [0.25, 0.3) is 0 Å². The number of rotatable bonds is 1. The van der Waals surface area contributed by atoms with Crippen LogP contribution in [0.15, 0.2) is 24.3 Å². The standard InChI is InChI=1S/C10H9FOS/c1-6(12)10-5-7-8(11)3-2-4-9(7)13-10/h2-6,12H,1H3. The molecule has 1 nitrogen and oxygen atoms in total. The molecule has 2 rings (SSSR count). The Balaban J connectivity index is 2.68. The van der Waals surface area contributed by atoms with Gasteiger partial charge in [0.2, 0.25) is 0 Å². The Morgan fingerprint density at radius 2 is 2.23 bits per heavy atom. The first kappa shape index (κ1) is 8.66. The summed E-state index contributed by atoms with van der Waals surface area (Å²) in [6.07, 6.45) is -0.517. The number of aliphatic hydroxyl groups is 1. The Kier molecular flexibility index (Phi) is 2.06. The van der Waals surface area contributed by atoms with E-state index in [9.17, 15) is 9.50 Å². The van der Waals surface area contributed by atoms with E-state index in [2.05, 4.69) is 0 Å². The molecule has 1 heterocycles. The number of hydrogen-bond donors (Lipinski definition) is 1. The minimum atomic E-state index is -0.517. The van der Waals surface area contributed by atoms with Gasteiger partial charge in [-0.25, -0.2) is 4.39 Å². The second-order valence-electron chi connectivity index (χ2n) is 2.98. The van der Waals surface area contributed by atoms with Crippen molar-refractivity contribution < 1.29 is 9.50 Å². The highest BCUT2D eigenvalue weighted by Gasteiger charge is 2.08. The van der Waals surface area contributed by atoms with E-state index in [4.69, 9.17) is 0 Å². The third-order valence-corrected chi connectivity index (χ3v) is 3.21. The molecule has 0 fully saturated rings. The van der Waals surface area contributed by atoms with Crippen LogP contribution in [0, 0.1) is 5.82 Å². The predicted octanol–water partition coefficient (Wildman–Crippen LogP) is 3.09. The van der Waals surface area contributed by atoms with Gasteiger partial charge in [0.1, 0.15) is 5.82 Å². The molecule has 1 atom stereocenters. The molecule has 0 radical (unpaired) electrons. The first-order chi connectivity index (χ1) is 6.18. The molecular weight excluding hydrogens is 187 g/mol. The second kappa shape index (κ2) is 3.09. The molecule has 1 unspecified atom stereocenters. The molecule has 0 saturated heterocycles. The fourth-order valence-electron chi connectivity index (χ4n) is 1.25. The van der Waals surface area contributed by atoms with Crippen molar-refractivity contribution in [1.29, 1.82) is 0 Å². The topological polar surface area (TPSA) is 20.2 Å². The van der Waals surface area contributed by atoms with Gasteiger partial charge in [0.05, 0.1) is 6.10 Å². The van der Waals surface area contributed by atoms with Crippen LogP contribution in [0.1, 0.15) is 17.9 Å². The summed E-state index contributed by atoms with van der Waals surface area (Å²) in [7, 11) is 0. The Labute approximate surface area is 79.4 Å². The van der Waals surface area contributed by atoms with Crippen molar-refractivity contribution in [1.82, 2.24) is 0 Å². The molecule has 0 aliphatic carbocycles. The molecule has 3 heteroatoms. The van der Waals surface area contributed by atoms with E-state index >= 15 is 0 Å². The van der Waals surface area contributed by atoms with Gasteiger partial charge in [-0.3, -0.25) is 0 Å². The van der Waals surface area contributed by atoms with Crippen molar-refractivity contribution in [3.63, 3.8) is 0 Å². The highest BCUT2D eigenvalue weighted by atomic mass is 32.1. The number of hydrogen-bond acceptors (Lipinski definition) is 2. The molecule has 0 amide bonds. The minimum Gasteiger partial charge on any atom is -0.388 e.